The van der Waals surface area contributed by atoms with Gasteiger partial charge in [-0.15, -0.1) is 0 Å². The van der Waals surface area contributed by atoms with Crippen LogP contribution in [-0.4, -0.2) is 41.8 Å². The highest BCUT2D eigenvalue weighted by Crippen LogP contribution is 2.33. The maximum absolute atomic E-state index is 12.7. The summed E-state index contributed by atoms with van der Waals surface area (Å²) in [6.45, 7) is 0.554. The van der Waals surface area contributed by atoms with Crippen molar-refractivity contribution in [3.8, 4) is 11.5 Å². The van der Waals surface area contributed by atoms with E-state index in [1.54, 1.807) is 25.2 Å². The molecule has 3 rings (SSSR count). The Morgan fingerprint density at radius 2 is 1.81 bits per heavy atom. The number of thioether (sulfide) groups is 1. The summed E-state index contributed by atoms with van der Waals surface area (Å²) in [6, 6.07) is 14.8. The first-order chi connectivity index (χ1) is 15.5. The van der Waals surface area contributed by atoms with Gasteiger partial charge in [-0.3, -0.25) is 14.5 Å². The van der Waals surface area contributed by atoms with Gasteiger partial charge in [0.15, 0.2) is 0 Å². The number of carbonyl (C=O) groups excluding carboxylic acids is 2. The first-order valence-corrected chi connectivity index (χ1v) is 11.6. The number of ether oxygens (including phenoxy) is 2. The fourth-order valence-corrected chi connectivity index (χ4v) is 4.55. The summed E-state index contributed by atoms with van der Waals surface area (Å²) >= 11 is 6.72. The molecule has 6 nitrogen and oxygen atoms in total. The van der Waals surface area contributed by atoms with E-state index in [0.29, 0.717) is 33.6 Å². The first kappa shape index (κ1) is 23.8. The molecule has 0 radical (unpaired) electrons. The van der Waals surface area contributed by atoms with Crippen LogP contribution < -0.4 is 14.8 Å². The van der Waals surface area contributed by atoms with E-state index in [9.17, 15) is 9.59 Å². The van der Waals surface area contributed by atoms with Crippen LogP contribution in [0.2, 0.25) is 0 Å². The molecule has 0 spiro atoms. The topological polar surface area (TPSA) is 67.9 Å². The lowest BCUT2D eigenvalue weighted by molar-refractivity contribution is -0.122. The van der Waals surface area contributed by atoms with Crippen molar-refractivity contribution in [2.24, 2.45) is 0 Å². The average molecular weight is 471 g/mol. The number of benzene rings is 2. The molecule has 2 aromatic rings. The zero-order chi connectivity index (χ0) is 22.9. The molecule has 168 valence electrons. The molecule has 0 saturated carbocycles. The van der Waals surface area contributed by atoms with Gasteiger partial charge >= 0.3 is 0 Å². The number of anilines is 1. The summed E-state index contributed by atoms with van der Waals surface area (Å²) in [6.07, 6.45) is 4.60. The fourth-order valence-electron chi connectivity index (χ4n) is 3.24. The standard InChI is InChI=1S/C24H26N2O4S2/c1-29-18-13-11-17(12-14-18)16-21-23(28)26(24(31)32-21)15-7-3-4-10-22(27)25-19-8-5-6-9-20(19)30-2/h5-6,8-9,11-14,16H,3-4,7,10,15H2,1-2H3,(H,25,27). The molecule has 0 unspecified atom stereocenters. The van der Waals surface area contributed by atoms with Gasteiger partial charge in [0.1, 0.15) is 15.8 Å². The van der Waals surface area contributed by atoms with Crippen LogP contribution in [0.4, 0.5) is 5.69 Å². The second kappa shape index (κ2) is 11.7. The number of rotatable bonds is 10. The van der Waals surface area contributed by atoms with Gasteiger partial charge in [-0.05, 0) is 48.7 Å². The van der Waals surface area contributed by atoms with Crippen molar-refractivity contribution in [1.82, 2.24) is 4.90 Å². The van der Waals surface area contributed by atoms with Gasteiger partial charge in [-0.2, -0.15) is 0 Å². The van der Waals surface area contributed by atoms with Crippen LogP contribution in [0.5, 0.6) is 11.5 Å². The molecule has 0 aliphatic carbocycles. The monoisotopic (exact) mass is 470 g/mol. The van der Waals surface area contributed by atoms with Crippen molar-refractivity contribution >= 4 is 51.9 Å². The van der Waals surface area contributed by atoms with Crippen LogP contribution in [-0.2, 0) is 9.59 Å². The van der Waals surface area contributed by atoms with Crippen LogP contribution in [0.3, 0.4) is 0 Å². The largest absolute Gasteiger partial charge is 0.497 e. The van der Waals surface area contributed by atoms with E-state index in [-0.39, 0.29) is 11.8 Å². The number of unbranched alkanes of at least 4 members (excludes halogenated alkanes) is 2. The van der Waals surface area contributed by atoms with Crippen molar-refractivity contribution in [1.29, 1.82) is 0 Å². The SMILES string of the molecule is COc1ccc(C=C2SC(=S)N(CCCCCC(=O)Nc3ccccc3OC)C2=O)cc1. The third-order valence-corrected chi connectivity index (χ3v) is 6.33. The van der Waals surface area contributed by atoms with E-state index in [1.807, 2.05) is 48.5 Å². The molecule has 32 heavy (non-hydrogen) atoms. The van der Waals surface area contributed by atoms with Gasteiger partial charge < -0.3 is 14.8 Å². The van der Waals surface area contributed by atoms with Crippen molar-refractivity contribution in [3.63, 3.8) is 0 Å². The predicted octanol–water partition coefficient (Wildman–Crippen LogP) is 5.10. The van der Waals surface area contributed by atoms with Crippen LogP contribution in [0.1, 0.15) is 31.2 Å². The highest BCUT2D eigenvalue weighted by molar-refractivity contribution is 8.26. The molecule has 8 heteroatoms. The summed E-state index contributed by atoms with van der Waals surface area (Å²) in [5, 5.41) is 2.88. The van der Waals surface area contributed by atoms with Crippen molar-refractivity contribution in [2.45, 2.75) is 25.7 Å². The minimum absolute atomic E-state index is 0.0532. The summed E-state index contributed by atoms with van der Waals surface area (Å²) in [4.78, 5) is 27.2. The maximum Gasteiger partial charge on any atom is 0.266 e. The number of amides is 2. The first-order valence-electron chi connectivity index (χ1n) is 10.3. The Bertz CT molecular complexity index is 1010. The maximum atomic E-state index is 12.7. The number of methoxy groups -OCH3 is 2. The number of nitrogens with one attached hydrogen (secondary N) is 1. The molecule has 0 aromatic heterocycles. The zero-order valence-corrected chi connectivity index (χ0v) is 19.8. The van der Waals surface area contributed by atoms with E-state index in [0.717, 1.165) is 30.6 Å². The van der Waals surface area contributed by atoms with E-state index < -0.39 is 0 Å². The van der Waals surface area contributed by atoms with Crippen LogP contribution in [0, 0.1) is 0 Å². The second-order valence-electron chi connectivity index (χ2n) is 7.17. The van der Waals surface area contributed by atoms with Crippen molar-refractivity contribution < 1.29 is 19.1 Å². The number of para-hydroxylation sites is 2. The lowest BCUT2D eigenvalue weighted by atomic mass is 10.1. The van der Waals surface area contributed by atoms with Crippen molar-refractivity contribution in [2.75, 3.05) is 26.1 Å². The second-order valence-corrected chi connectivity index (χ2v) is 8.84. The Labute approximate surface area is 198 Å². The molecule has 1 fully saturated rings. The Kier molecular flexibility index (Phi) is 8.70. The van der Waals surface area contributed by atoms with Gasteiger partial charge in [0.2, 0.25) is 5.91 Å². The summed E-state index contributed by atoms with van der Waals surface area (Å²) in [5.41, 5.74) is 1.59. The zero-order valence-electron chi connectivity index (χ0n) is 18.1. The number of thiocarbonyl (C=S) groups is 1. The Morgan fingerprint density at radius 3 is 2.53 bits per heavy atom. The predicted molar refractivity (Wildman–Crippen MR) is 133 cm³/mol. The lowest BCUT2D eigenvalue weighted by Crippen LogP contribution is -2.29. The van der Waals surface area contributed by atoms with Crippen LogP contribution in [0.25, 0.3) is 6.08 Å². The number of hydrogen-bond donors (Lipinski definition) is 1. The third-order valence-electron chi connectivity index (χ3n) is 4.95. The third kappa shape index (κ3) is 6.34. The fraction of sp³-hybridized carbons (Fsp3) is 0.292. The average Bonchev–Trinajstić information content (AvgIpc) is 3.07. The Morgan fingerprint density at radius 1 is 1.06 bits per heavy atom. The van der Waals surface area contributed by atoms with E-state index in [2.05, 4.69) is 5.32 Å². The molecular weight excluding hydrogens is 444 g/mol. The number of nitrogens with zero attached hydrogens (tertiary/aromatic N) is 1. The van der Waals surface area contributed by atoms with Gasteiger partial charge in [0.05, 0.1) is 24.8 Å². The van der Waals surface area contributed by atoms with E-state index in [4.69, 9.17) is 21.7 Å². The normalized spacial score (nSPS) is 14.7. The summed E-state index contributed by atoms with van der Waals surface area (Å²) < 4.78 is 11.0. The van der Waals surface area contributed by atoms with Gasteiger partial charge in [0, 0.05) is 13.0 Å². The molecule has 2 aromatic carbocycles. The van der Waals surface area contributed by atoms with Gasteiger partial charge in [-0.1, -0.05) is 54.7 Å². The van der Waals surface area contributed by atoms with Crippen LogP contribution in [0.15, 0.2) is 53.4 Å². The van der Waals surface area contributed by atoms with E-state index in [1.165, 1.54) is 11.8 Å². The number of hydrogen-bond acceptors (Lipinski definition) is 6. The van der Waals surface area contributed by atoms with Gasteiger partial charge in [-0.25, -0.2) is 0 Å². The molecule has 1 heterocycles. The smallest absolute Gasteiger partial charge is 0.266 e. The highest BCUT2D eigenvalue weighted by atomic mass is 32.2. The van der Waals surface area contributed by atoms with E-state index >= 15 is 0 Å². The quantitative estimate of drug-likeness (QED) is 0.296. The highest BCUT2D eigenvalue weighted by Gasteiger charge is 2.31. The number of carbonyl (C=O) groups is 2. The Balaban J connectivity index is 1.42. The molecule has 0 bridgehead atoms. The molecule has 1 N–H and O–H groups in total. The molecular formula is C24H26N2O4S2. The molecule has 1 aliphatic heterocycles. The lowest BCUT2D eigenvalue weighted by Gasteiger charge is -2.14. The van der Waals surface area contributed by atoms with Crippen molar-refractivity contribution in [3.05, 3.63) is 59.0 Å². The van der Waals surface area contributed by atoms with Gasteiger partial charge in [0.25, 0.3) is 5.91 Å². The minimum atomic E-state index is -0.0651. The molecule has 2 amide bonds. The Hall–Kier alpha value is -2.84. The summed E-state index contributed by atoms with van der Waals surface area (Å²) in [7, 11) is 3.19. The molecule has 1 aliphatic rings. The summed E-state index contributed by atoms with van der Waals surface area (Å²) in [5.74, 6) is 1.29. The molecule has 0 atom stereocenters. The minimum Gasteiger partial charge on any atom is -0.497 e. The molecule has 1 saturated heterocycles. The van der Waals surface area contributed by atoms with Crippen LogP contribution >= 0.6 is 24.0 Å².